The van der Waals surface area contributed by atoms with Crippen molar-refractivity contribution in [3.8, 4) is 5.75 Å². The van der Waals surface area contributed by atoms with Gasteiger partial charge in [0.25, 0.3) is 0 Å². The molecule has 7 heteroatoms. The van der Waals surface area contributed by atoms with Gasteiger partial charge in [-0.3, -0.25) is 14.7 Å². The van der Waals surface area contributed by atoms with Gasteiger partial charge in [0.15, 0.2) is 5.54 Å². The van der Waals surface area contributed by atoms with Crippen molar-refractivity contribution in [3.05, 3.63) is 167 Å². The molecular weight excluding hydrogens is 610 g/mol. The molecule has 1 fully saturated rings. The Labute approximate surface area is 287 Å². The quantitative estimate of drug-likeness (QED) is 0.127. The smallest absolute Gasteiger partial charge is 0.331 e. The van der Waals surface area contributed by atoms with Gasteiger partial charge in [0, 0.05) is 24.1 Å². The first-order valence-corrected chi connectivity index (χ1v) is 16.7. The lowest BCUT2D eigenvalue weighted by atomic mass is 9.91. The molecule has 6 rings (SSSR count). The van der Waals surface area contributed by atoms with Crippen molar-refractivity contribution >= 4 is 23.3 Å². The monoisotopic (exact) mass is 651 g/mol. The minimum atomic E-state index is -1.51. The fraction of sp³-hybridized carbons (Fsp3) is 0.214. The Bertz CT molecular complexity index is 1880. The topological polar surface area (TPSA) is 91.2 Å². The molecule has 49 heavy (non-hydrogen) atoms. The summed E-state index contributed by atoms with van der Waals surface area (Å²) in [6, 6.07) is 44.4. The lowest BCUT2D eigenvalue weighted by molar-refractivity contribution is -0.142. The number of hydrogen-bond donors (Lipinski definition) is 2. The Morgan fingerprint density at radius 3 is 2.08 bits per heavy atom. The van der Waals surface area contributed by atoms with Crippen LogP contribution in [0.2, 0.25) is 0 Å². The molecule has 7 nitrogen and oxygen atoms in total. The highest BCUT2D eigenvalue weighted by atomic mass is 16.5. The molecule has 0 aliphatic carbocycles. The van der Waals surface area contributed by atoms with Gasteiger partial charge in [-0.2, -0.15) is 0 Å². The van der Waals surface area contributed by atoms with Gasteiger partial charge in [0.05, 0.1) is 17.4 Å². The third-order valence-electron chi connectivity index (χ3n) is 8.92. The number of aliphatic carboxylic acids is 1. The number of likely N-dealkylation sites (tertiary alicyclic amines) is 1. The molecular formula is C42H41N3O4. The number of nitrogens with zero attached hydrogens (tertiary/aromatic N) is 2. The molecule has 1 saturated heterocycles. The molecule has 0 spiro atoms. The van der Waals surface area contributed by atoms with Crippen LogP contribution in [0.4, 0.5) is 5.69 Å². The molecule has 1 heterocycles. The third-order valence-corrected chi connectivity index (χ3v) is 8.92. The van der Waals surface area contributed by atoms with Crippen LogP contribution in [0.25, 0.3) is 0 Å². The minimum absolute atomic E-state index is 0.0798. The van der Waals surface area contributed by atoms with E-state index in [0.29, 0.717) is 35.9 Å². The summed E-state index contributed by atoms with van der Waals surface area (Å²) < 4.78 is 5.94. The van der Waals surface area contributed by atoms with Gasteiger partial charge in [-0.05, 0) is 61.2 Å². The van der Waals surface area contributed by atoms with Crippen LogP contribution in [0, 0.1) is 0 Å². The largest absolute Gasteiger partial charge is 0.489 e. The number of ether oxygens (including phenoxy) is 1. The first kappa shape index (κ1) is 33.4. The van der Waals surface area contributed by atoms with E-state index >= 15 is 0 Å². The molecule has 0 unspecified atom stereocenters. The molecule has 0 radical (unpaired) electrons. The number of carboxylic acids is 1. The third kappa shape index (κ3) is 8.50. The van der Waals surface area contributed by atoms with Gasteiger partial charge >= 0.3 is 5.97 Å². The summed E-state index contributed by atoms with van der Waals surface area (Å²) in [6.45, 7) is 3.63. The first-order chi connectivity index (χ1) is 23.9. The van der Waals surface area contributed by atoms with E-state index in [2.05, 4.69) is 22.3 Å². The highest BCUT2D eigenvalue weighted by molar-refractivity contribution is 6.18. The number of carbonyl (C=O) groups is 2. The molecule has 1 amide bonds. The second kappa shape index (κ2) is 15.6. The molecule has 0 bridgehead atoms. The van der Waals surface area contributed by atoms with Gasteiger partial charge in [0.1, 0.15) is 12.4 Å². The van der Waals surface area contributed by atoms with Crippen LogP contribution in [-0.2, 0) is 29.2 Å². The molecule has 1 aliphatic rings. The molecule has 1 aliphatic heterocycles. The Balaban J connectivity index is 1.26. The van der Waals surface area contributed by atoms with E-state index in [4.69, 9.17) is 9.73 Å². The summed E-state index contributed by atoms with van der Waals surface area (Å²) in [4.78, 5) is 34.0. The van der Waals surface area contributed by atoms with Crippen molar-refractivity contribution in [3.63, 3.8) is 0 Å². The molecule has 0 aromatic heterocycles. The van der Waals surface area contributed by atoms with Gasteiger partial charge in [0.2, 0.25) is 5.91 Å². The average Bonchev–Trinajstić information content (AvgIpc) is 3.60. The van der Waals surface area contributed by atoms with Crippen molar-refractivity contribution in [2.45, 2.75) is 50.9 Å². The summed E-state index contributed by atoms with van der Waals surface area (Å²) in [5.74, 6) is -0.425. The molecule has 248 valence electrons. The SMILES string of the molecule is C[C@](Cc1ccc(OCc2ccccc2)cc1)(N=C(c1ccccc1)c1ccccc1NC(=O)[C@@H]1CCCN1Cc1ccccc1)C(=O)O. The fourth-order valence-corrected chi connectivity index (χ4v) is 6.27. The van der Waals surface area contributed by atoms with E-state index in [1.54, 1.807) is 6.92 Å². The maximum atomic E-state index is 13.8. The predicted octanol–water partition coefficient (Wildman–Crippen LogP) is 7.79. The lowest BCUT2D eigenvalue weighted by Crippen LogP contribution is -2.39. The highest BCUT2D eigenvalue weighted by Crippen LogP contribution is 2.28. The van der Waals surface area contributed by atoms with Crippen LogP contribution < -0.4 is 10.1 Å². The Morgan fingerprint density at radius 2 is 1.41 bits per heavy atom. The standard InChI is InChI=1S/C42H41N3O4/c1-42(41(47)48,28-31-23-25-35(26-24-31)49-30-33-16-7-3-8-17-33)44-39(34-18-9-4-10-19-34)36-20-11-12-21-37(36)43-40(46)38-22-13-27-45(38)29-32-14-5-2-6-15-32/h2-12,14-21,23-26,38H,13,22,27-30H2,1H3,(H,43,46)(H,47,48)/t38-,42+/m0/s1. The minimum Gasteiger partial charge on any atom is -0.489 e. The number of benzene rings is 5. The average molecular weight is 652 g/mol. The Morgan fingerprint density at radius 1 is 0.796 bits per heavy atom. The predicted molar refractivity (Wildman–Crippen MR) is 194 cm³/mol. The summed E-state index contributed by atoms with van der Waals surface area (Å²) in [5.41, 5.74) is 4.05. The molecule has 2 atom stereocenters. The van der Waals surface area contributed by atoms with Crippen molar-refractivity contribution in [2.75, 3.05) is 11.9 Å². The zero-order chi connectivity index (χ0) is 34.1. The lowest BCUT2D eigenvalue weighted by Gasteiger charge is -2.25. The van der Waals surface area contributed by atoms with Crippen LogP contribution in [0.15, 0.2) is 145 Å². The Kier molecular flexibility index (Phi) is 10.6. The van der Waals surface area contributed by atoms with Crippen molar-refractivity contribution in [2.24, 2.45) is 4.99 Å². The Hall–Kier alpha value is -5.53. The van der Waals surface area contributed by atoms with Gasteiger partial charge in [-0.25, -0.2) is 4.79 Å². The van der Waals surface area contributed by atoms with Crippen molar-refractivity contribution in [1.29, 1.82) is 0 Å². The second-order valence-electron chi connectivity index (χ2n) is 12.6. The van der Waals surface area contributed by atoms with E-state index < -0.39 is 11.5 Å². The number of amides is 1. The normalized spacial score (nSPS) is 16.1. The number of anilines is 1. The molecule has 2 N–H and O–H groups in total. The number of aliphatic imine (C=N–C) groups is 1. The second-order valence-corrected chi connectivity index (χ2v) is 12.6. The molecule has 0 saturated carbocycles. The summed E-state index contributed by atoms with van der Waals surface area (Å²) in [7, 11) is 0. The number of hydrogen-bond acceptors (Lipinski definition) is 5. The highest BCUT2D eigenvalue weighted by Gasteiger charge is 2.35. The van der Waals surface area contributed by atoms with Crippen LogP contribution in [0.5, 0.6) is 5.75 Å². The summed E-state index contributed by atoms with van der Waals surface area (Å²) in [5, 5.41) is 13.8. The maximum Gasteiger partial charge on any atom is 0.331 e. The summed E-state index contributed by atoms with van der Waals surface area (Å²) >= 11 is 0. The van der Waals surface area contributed by atoms with Crippen molar-refractivity contribution in [1.82, 2.24) is 4.90 Å². The fourth-order valence-electron chi connectivity index (χ4n) is 6.27. The van der Waals surface area contributed by atoms with Crippen LogP contribution >= 0.6 is 0 Å². The van der Waals surface area contributed by atoms with Crippen molar-refractivity contribution < 1.29 is 19.4 Å². The molecule has 5 aromatic rings. The van der Waals surface area contributed by atoms with Crippen LogP contribution in [0.3, 0.4) is 0 Å². The summed E-state index contributed by atoms with van der Waals surface area (Å²) in [6.07, 6.45) is 1.87. The zero-order valence-corrected chi connectivity index (χ0v) is 27.7. The number of rotatable bonds is 13. The number of para-hydroxylation sites is 1. The first-order valence-electron chi connectivity index (χ1n) is 16.7. The molecule has 5 aromatic carbocycles. The van der Waals surface area contributed by atoms with Crippen LogP contribution in [-0.4, -0.2) is 45.7 Å². The van der Waals surface area contributed by atoms with E-state index in [9.17, 15) is 14.7 Å². The van der Waals surface area contributed by atoms with E-state index in [-0.39, 0.29) is 18.4 Å². The number of carboxylic acid groups (broad SMARTS) is 1. The maximum absolute atomic E-state index is 13.8. The van der Waals surface area contributed by atoms with E-state index in [1.165, 1.54) is 5.56 Å². The van der Waals surface area contributed by atoms with Gasteiger partial charge in [-0.15, -0.1) is 0 Å². The van der Waals surface area contributed by atoms with Crippen LogP contribution in [0.1, 0.15) is 47.6 Å². The van der Waals surface area contributed by atoms with Gasteiger partial charge in [-0.1, -0.05) is 121 Å². The van der Waals surface area contributed by atoms with E-state index in [1.807, 2.05) is 127 Å². The van der Waals surface area contributed by atoms with E-state index in [0.717, 1.165) is 36.1 Å². The number of carbonyl (C=O) groups excluding carboxylic acids is 1. The zero-order valence-electron chi connectivity index (χ0n) is 27.7. The number of nitrogens with one attached hydrogen (secondary N) is 1. The van der Waals surface area contributed by atoms with Gasteiger partial charge < -0.3 is 15.2 Å².